The molecule has 0 atom stereocenters. The van der Waals surface area contributed by atoms with E-state index in [1.165, 1.54) is 13.1 Å². The summed E-state index contributed by atoms with van der Waals surface area (Å²) in [6.07, 6.45) is 4.26. The van der Waals surface area contributed by atoms with Crippen LogP contribution in [-0.4, -0.2) is 15.9 Å². The molecular weight excluding hydrogens is 154 g/mol. The molecule has 0 saturated carbocycles. The lowest BCUT2D eigenvalue weighted by Gasteiger charge is -1.96. The molecule has 1 rings (SSSR count). The standard InChI is InChI=1S/C9H9NO2/c1-7(11)5-9(12)8-3-2-4-10-6-8/h2-6,12H,1H3/b9-5-. The Morgan fingerprint density at radius 2 is 2.42 bits per heavy atom. The van der Waals surface area contributed by atoms with Gasteiger partial charge in [-0.25, -0.2) is 0 Å². The average molecular weight is 163 g/mol. The molecule has 0 radical (unpaired) electrons. The minimum absolute atomic E-state index is 0.0457. The minimum Gasteiger partial charge on any atom is -0.507 e. The van der Waals surface area contributed by atoms with E-state index in [9.17, 15) is 9.90 Å². The summed E-state index contributed by atoms with van der Waals surface area (Å²) >= 11 is 0. The van der Waals surface area contributed by atoms with Gasteiger partial charge in [0.1, 0.15) is 5.76 Å². The molecule has 0 spiro atoms. The van der Waals surface area contributed by atoms with E-state index in [-0.39, 0.29) is 11.5 Å². The molecule has 12 heavy (non-hydrogen) atoms. The van der Waals surface area contributed by atoms with Crippen LogP contribution < -0.4 is 0 Å². The molecule has 1 aromatic heterocycles. The lowest BCUT2D eigenvalue weighted by Crippen LogP contribution is -1.88. The Kier molecular flexibility index (Phi) is 2.58. The van der Waals surface area contributed by atoms with Crippen molar-refractivity contribution in [2.24, 2.45) is 0 Å². The van der Waals surface area contributed by atoms with Crippen molar-refractivity contribution in [1.82, 2.24) is 4.98 Å². The van der Waals surface area contributed by atoms with Crippen molar-refractivity contribution in [3.05, 3.63) is 36.2 Å². The summed E-state index contributed by atoms with van der Waals surface area (Å²) in [5.41, 5.74) is 0.549. The van der Waals surface area contributed by atoms with Gasteiger partial charge in [0.15, 0.2) is 5.78 Å². The molecule has 3 nitrogen and oxygen atoms in total. The van der Waals surface area contributed by atoms with Crippen LogP contribution in [0.1, 0.15) is 12.5 Å². The lowest BCUT2D eigenvalue weighted by atomic mass is 10.2. The molecule has 0 saturated heterocycles. The number of carbonyl (C=O) groups is 1. The largest absolute Gasteiger partial charge is 0.507 e. The molecule has 0 amide bonds. The molecule has 0 unspecified atom stereocenters. The van der Waals surface area contributed by atoms with Crippen molar-refractivity contribution in [3.8, 4) is 0 Å². The minimum atomic E-state index is -0.184. The SMILES string of the molecule is CC(=O)/C=C(\O)c1cccnc1. The first kappa shape index (κ1) is 8.46. The molecular formula is C9H9NO2. The molecule has 1 heterocycles. The highest BCUT2D eigenvalue weighted by molar-refractivity contribution is 5.93. The molecule has 62 valence electrons. The van der Waals surface area contributed by atoms with Crippen molar-refractivity contribution in [1.29, 1.82) is 0 Å². The third-order valence-corrected chi connectivity index (χ3v) is 1.30. The first-order valence-corrected chi connectivity index (χ1v) is 3.52. The topological polar surface area (TPSA) is 50.2 Å². The average Bonchev–Trinajstić information content (AvgIpc) is 2.05. The van der Waals surface area contributed by atoms with Crippen LogP contribution in [0.5, 0.6) is 0 Å². The summed E-state index contributed by atoms with van der Waals surface area (Å²) in [6.45, 7) is 1.38. The van der Waals surface area contributed by atoms with Gasteiger partial charge in [0, 0.05) is 24.0 Å². The molecule has 0 aliphatic rings. The second kappa shape index (κ2) is 3.67. The number of hydrogen-bond donors (Lipinski definition) is 1. The Morgan fingerprint density at radius 3 is 2.92 bits per heavy atom. The number of nitrogens with zero attached hydrogens (tertiary/aromatic N) is 1. The fraction of sp³-hybridized carbons (Fsp3) is 0.111. The molecule has 0 aromatic carbocycles. The zero-order valence-corrected chi connectivity index (χ0v) is 6.69. The first-order valence-electron chi connectivity index (χ1n) is 3.52. The van der Waals surface area contributed by atoms with Crippen molar-refractivity contribution in [2.75, 3.05) is 0 Å². The zero-order chi connectivity index (χ0) is 8.97. The highest BCUT2D eigenvalue weighted by Crippen LogP contribution is 2.07. The predicted molar refractivity (Wildman–Crippen MR) is 45.5 cm³/mol. The van der Waals surface area contributed by atoms with Crippen LogP contribution in [0.15, 0.2) is 30.6 Å². The van der Waals surface area contributed by atoms with E-state index < -0.39 is 0 Å². The van der Waals surface area contributed by atoms with E-state index in [0.717, 1.165) is 6.08 Å². The van der Waals surface area contributed by atoms with Crippen LogP contribution in [-0.2, 0) is 4.79 Å². The van der Waals surface area contributed by atoms with Crippen LogP contribution in [0.3, 0.4) is 0 Å². The quantitative estimate of drug-likeness (QED) is 0.531. The van der Waals surface area contributed by atoms with Gasteiger partial charge in [0.2, 0.25) is 0 Å². The molecule has 3 heteroatoms. The smallest absolute Gasteiger partial charge is 0.156 e. The van der Waals surface area contributed by atoms with Crippen LogP contribution in [0.2, 0.25) is 0 Å². The van der Waals surface area contributed by atoms with Crippen molar-refractivity contribution in [3.63, 3.8) is 0 Å². The zero-order valence-electron chi connectivity index (χ0n) is 6.69. The van der Waals surface area contributed by atoms with Crippen molar-refractivity contribution < 1.29 is 9.90 Å². The summed E-state index contributed by atoms with van der Waals surface area (Å²) in [7, 11) is 0. The van der Waals surface area contributed by atoms with Gasteiger partial charge in [-0.3, -0.25) is 9.78 Å². The maximum Gasteiger partial charge on any atom is 0.156 e. The maximum absolute atomic E-state index is 10.6. The van der Waals surface area contributed by atoms with Crippen LogP contribution in [0.4, 0.5) is 0 Å². The first-order chi connectivity index (χ1) is 5.70. The van der Waals surface area contributed by atoms with Crippen LogP contribution >= 0.6 is 0 Å². The second-order valence-corrected chi connectivity index (χ2v) is 2.38. The number of hydrogen-bond acceptors (Lipinski definition) is 3. The van der Waals surface area contributed by atoms with Crippen molar-refractivity contribution >= 4 is 11.5 Å². The van der Waals surface area contributed by atoms with Crippen molar-refractivity contribution in [2.45, 2.75) is 6.92 Å². The Labute approximate surface area is 70.4 Å². The number of aliphatic hydroxyl groups is 1. The number of aromatic nitrogens is 1. The second-order valence-electron chi connectivity index (χ2n) is 2.38. The van der Waals surface area contributed by atoms with Gasteiger partial charge >= 0.3 is 0 Å². The normalized spacial score (nSPS) is 11.2. The van der Waals surface area contributed by atoms with Gasteiger partial charge in [-0.2, -0.15) is 0 Å². The van der Waals surface area contributed by atoms with E-state index in [1.54, 1.807) is 18.3 Å². The van der Waals surface area contributed by atoms with Gasteiger partial charge in [0.25, 0.3) is 0 Å². The molecule has 0 bridgehead atoms. The van der Waals surface area contributed by atoms with E-state index in [4.69, 9.17) is 0 Å². The summed E-state index contributed by atoms with van der Waals surface area (Å²) in [6, 6.07) is 3.38. The van der Waals surface area contributed by atoms with Gasteiger partial charge in [-0.1, -0.05) is 0 Å². The number of ketones is 1. The van der Waals surface area contributed by atoms with E-state index in [0.29, 0.717) is 5.56 Å². The fourth-order valence-electron chi connectivity index (χ4n) is 0.790. The Morgan fingerprint density at radius 1 is 1.67 bits per heavy atom. The molecule has 0 fully saturated rings. The third kappa shape index (κ3) is 2.20. The van der Waals surface area contributed by atoms with Crippen LogP contribution in [0, 0.1) is 0 Å². The van der Waals surface area contributed by atoms with Gasteiger partial charge in [-0.15, -0.1) is 0 Å². The lowest BCUT2D eigenvalue weighted by molar-refractivity contribution is -0.112. The predicted octanol–water partition coefficient (Wildman–Crippen LogP) is 1.57. The highest BCUT2D eigenvalue weighted by Gasteiger charge is 1.98. The summed E-state index contributed by atoms with van der Waals surface area (Å²) in [5.74, 6) is -0.230. The van der Waals surface area contributed by atoms with Gasteiger partial charge in [0.05, 0.1) is 0 Å². The molecule has 0 aliphatic carbocycles. The molecule has 1 aromatic rings. The third-order valence-electron chi connectivity index (χ3n) is 1.30. The Hall–Kier alpha value is -1.64. The Balaban J connectivity index is 2.93. The van der Waals surface area contributed by atoms with E-state index in [1.807, 2.05) is 0 Å². The van der Waals surface area contributed by atoms with Gasteiger partial charge in [-0.05, 0) is 19.1 Å². The number of aliphatic hydroxyl groups excluding tert-OH is 1. The number of carbonyl (C=O) groups excluding carboxylic acids is 1. The maximum atomic E-state index is 10.6. The fourth-order valence-corrected chi connectivity index (χ4v) is 0.790. The summed E-state index contributed by atoms with van der Waals surface area (Å²) in [4.78, 5) is 14.4. The number of pyridine rings is 1. The van der Waals surface area contributed by atoms with Crippen LogP contribution in [0.25, 0.3) is 5.76 Å². The summed E-state index contributed by atoms with van der Waals surface area (Å²) < 4.78 is 0. The highest BCUT2D eigenvalue weighted by atomic mass is 16.3. The molecule has 0 aliphatic heterocycles. The van der Waals surface area contributed by atoms with E-state index in [2.05, 4.69) is 4.98 Å². The van der Waals surface area contributed by atoms with E-state index >= 15 is 0 Å². The monoisotopic (exact) mass is 163 g/mol. The number of rotatable bonds is 2. The van der Waals surface area contributed by atoms with Gasteiger partial charge < -0.3 is 5.11 Å². The molecule has 1 N–H and O–H groups in total. The number of allylic oxidation sites excluding steroid dienone is 1. The summed E-state index contributed by atoms with van der Waals surface area (Å²) in [5, 5.41) is 9.29. The Bertz CT molecular complexity index is 304.